The van der Waals surface area contributed by atoms with Crippen molar-refractivity contribution in [1.29, 1.82) is 0 Å². The molecule has 0 aliphatic rings. The van der Waals surface area contributed by atoms with E-state index < -0.39 is 10.0 Å². The topological polar surface area (TPSA) is 97.2 Å². The summed E-state index contributed by atoms with van der Waals surface area (Å²) in [7, 11) is -2.44. The predicted octanol–water partition coefficient (Wildman–Crippen LogP) is 2.77. The zero-order valence-electron chi connectivity index (χ0n) is 13.6. The molecule has 134 valence electrons. The quantitative estimate of drug-likeness (QED) is 0.565. The first kappa shape index (κ1) is 18.9. The van der Waals surface area contributed by atoms with Gasteiger partial charge < -0.3 is 14.6 Å². The molecule has 0 aliphatic heterocycles. The number of hydrazone groups is 1. The van der Waals surface area contributed by atoms with Crippen LogP contribution < -0.4 is 14.3 Å². The highest BCUT2D eigenvalue weighted by Crippen LogP contribution is 2.35. The zero-order valence-corrected chi connectivity index (χ0v) is 15.1. The van der Waals surface area contributed by atoms with Crippen LogP contribution in [0, 0.1) is 0 Å². The van der Waals surface area contributed by atoms with Crippen LogP contribution in [-0.4, -0.2) is 33.5 Å². The van der Waals surface area contributed by atoms with E-state index >= 15 is 0 Å². The zero-order chi connectivity index (χ0) is 18.4. The largest absolute Gasteiger partial charge is 0.503 e. The summed E-state index contributed by atoms with van der Waals surface area (Å²) >= 11 is 5.98. The van der Waals surface area contributed by atoms with E-state index in [0.717, 1.165) is 0 Å². The molecule has 0 fully saturated rings. The van der Waals surface area contributed by atoms with Crippen LogP contribution in [0.2, 0.25) is 5.02 Å². The molecule has 0 unspecified atom stereocenters. The molecule has 0 aromatic heterocycles. The van der Waals surface area contributed by atoms with E-state index in [4.69, 9.17) is 21.1 Å². The predicted molar refractivity (Wildman–Crippen MR) is 95.2 cm³/mol. The standard InChI is InChI=1S/C16H17ClN2O5S/c1-3-24-12-5-7-13(8-6-12)25(21,22)19-18-10-11-4-9-14(23-2)16(20)15(11)17/h4-10,19-20H,3H2,1-2H3/b18-10+. The maximum atomic E-state index is 12.2. The molecular formula is C16H17ClN2O5S. The van der Waals surface area contributed by atoms with Gasteiger partial charge in [-0.1, -0.05) is 11.6 Å². The van der Waals surface area contributed by atoms with E-state index in [1.165, 1.54) is 37.6 Å². The van der Waals surface area contributed by atoms with E-state index in [0.29, 0.717) is 17.9 Å². The minimum Gasteiger partial charge on any atom is -0.503 e. The third kappa shape index (κ3) is 4.55. The van der Waals surface area contributed by atoms with E-state index in [1.54, 1.807) is 12.1 Å². The Hall–Kier alpha value is -2.45. The second-order valence-corrected chi connectivity index (χ2v) is 6.82. The van der Waals surface area contributed by atoms with E-state index in [-0.39, 0.29) is 21.4 Å². The fraction of sp³-hybridized carbons (Fsp3) is 0.188. The fourth-order valence-electron chi connectivity index (χ4n) is 1.93. The van der Waals surface area contributed by atoms with Crippen molar-refractivity contribution in [3.05, 3.63) is 47.0 Å². The normalized spacial score (nSPS) is 11.5. The van der Waals surface area contributed by atoms with Crippen LogP contribution in [0.15, 0.2) is 46.4 Å². The van der Waals surface area contributed by atoms with Crippen molar-refractivity contribution >= 4 is 27.8 Å². The number of phenolic OH excluding ortho intramolecular Hbond substituents is 1. The molecule has 0 spiro atoms. The van der Waals surface area contributed by atoms with Crippen molar-refractivity contribution in [1.82, 2.24) is 4.83 Å². The van der Waals surface area contributed by atoms with E-state index in [1.807, 2.05) is 6.92 Å². The van der Waals surface area contributed by atoms with Crippen molar-refractivity contribution in [2.45, 2.75) is 11.8 Å². The first-order chi connectivity index (χ1) is 11.9. The molecule has 0 bridgehead atoms. The number of ether oxygens (including phenoxy) is 2. The Morgan fingerprint density at radius 1 is 1.24 bits per heavy atom. The third-order valence-electron chi connectivity index (χ3n) is 3.15. The number of halogens is 1. The van der Waals surface area contributed by atoms with Gasteiger partial charge in [-0.05, 0) is 43.3 Å². The minimum absolute atomic E-state index is 0.00312. The van der Waals surface area contributed by atoms with Crippen LogP contribution >= 0.6 is 11.6 Å². The van der Waals surface area contributed by atoms with Crippen molar-refractivity contribution in [3.8, 4) is 17.2 Å². The molecular weight excluding hydrogens is 368 g/mol. The van der Waals surface area contributed by atoms with Gasteiger partial charge in [-0.15, -0.1) is 0 Å². The second-order valence-electron chi connectivity index (χ2n) is 4.78. The van der Waals surface area contributed by atoms with Gasteiger partial charge in [0.15, 0.2) is 11.5 Å². The Kier molecular flexibility index (Phi) is 6.11. The molecule has 2 aromatic carbocycles. The fourth-order valence-corrected chi connectivity index (χ4v) is 2.92. The number of nitrogens with zero attached hydrogens (tertiary/aromatic N) is 1. The first-order valence-electron chi connectivity index (χ1n) is 7.22. The highest BCUT2D eigenvalue weighted by atomic mass is 35.5. The smallest absolute Gasteiger partial charge is 0.276 e. The molecule has 2 aromatic rings. The number of methoxy groups -OCH3 is 1. The van der Waals surface area contributed by atoms with Gasteiger partial charge in [-0.3, -0.25) is 0 Å². The van der Waals surface area contributed by atoms with Crippen LogP contribution in [0.1, 0.15) is 12.5 Å². The molecule has 0 saturated heterocycles. The number of benzene rings is 2. The Labute approximate surface area is 150 Å². The Morgan fingerprint density at radius 2 is 1.92 bits per heavy atom. The summed E-state index contributed by atoms with van der Waals surface area (Å²) < 4.78 is 34.5. The number of aromatic hydroxyl groups is 1. The summed E-state index contributed by atoms with van der Waals surface area (Å²) in [6.07, 6.45) is 1.19. The lowest BCUT2D eigenvalue weighted by molar-refractivity contribution is 0.340. The first-order valence-corrected chi connectivity index (χ1v) is 9.08. The summed E-state index contributed by atoms with van der Waals surface area (Å²) in [6, 6.07) is 8.96. The summed E-state index contributed by atoms with van der Waals surface area (Å²) in [5, 5.41) is 13.5. The van der Waals surface area contributed by atoms with Gasteiger partial charge in [0.1, 0.15) is 5.75 Å². The van der Waals surface area contributed by atoms with Gasteiger partial charge in [0.05, 0.1) is 29.8 Å². The average Bonchev–Trinajstić information content (AvgIpc) is 2.59. The SMILES string of the molecule is CCOc1ccc(S(=O)(=O)N/N=C/c2ccc(OC)c(O)c2Cl)cc1. The van der Waals surface area contributed by atoms with Gasteiger partial charge in [0.2, 0.25) is 0 Å². The maximum absolute atomic E-state index is 12.2. The summed E-state index contributed by atoms with van der Waals surface area (Å²) in [5.41, 5.74) is 0.328. The van der Waals surface area contributed by atoms with Gasteiger partial charge in [0.25, 0.3) is 10.0 Å². The Bertz CT molecular complexity index is 867. The molecule has 0 atom stereocenters. The molecule has 2 rings (SSSR count). The summed E-state index contributed by atoms with van der Waals surface area (Å²) in [5.74, 6) is 0.532. The Morgan fingerprint density at radius 3 is 2.52 bits per heavy atom. The Balaban J connectivity index is 2.14. The van der Waals surface area contributed by atoms with Gasteiger partial charge >= 0.3 is 0 Å². The van der Waals surface area contributed by atoms with Gasteiger partial charge in [0, 0.05) is 5.56 Å². The van der Waals surface area contributed by atoms with E-state index in [9.17, 15) is 13.5 Å². The van der Waals surface area contributed by atoms with Crippen LogP contribution in [0.4, 0.5) is 0 Å². The molecule has 0 heterocycles. The van der Waals surface area contributed by atoms with Crippen LogP contribution in [0.5, 0.6) is 17.2 Å². The lowest BCUT2D eigenvalue weighted by atomic mass is 10.2. The highest BCUT2D eigenvalue weighted by molar-refractivity contribution is 7.89. The average molecular weight is 385 g/mol. The molecule has 0 amide bonds. The number of rotatable bonds is 7. The number of hydrogen-bond acceptors (Lipinski definition) is 6. The summed E-state index contributed by atoms with van der Waals surface area (Å²) in [4.78, 5) is 2.12. The van der Waals surface area contributed by atoms with Crippen LogP contribution in [0.25, 0.3) is 0 Å². The minimum atomic E-state index is -3.83. The molecule has 0 radical (unpaired) electrons. The highest BCUT2D eigenvalue weighted by Gasteiger charge is 2.13. The van der Waals surface area contributed by atoms with Gasteiger partial charge in [-0.2, -0.15) is 13.5 Å². The van der Waals surface area contributed by atoms with Gasteiger partial charge in [-0.25, -0.2) is 4.83 Å². The lowest BCUT2D eigenvalue weighted by Crippen LogP contribution is -2.18. The lowest BCUT2D eigenvalue weighted by Gasteiger charge is -2.07. The van der Waals surface area contributed by atoms with E-state index in [2.05, 4.69) is 9.93 Å². The molecule has 7 nitrogen and oxygen atoms in total. The molecule has 2 N–H and O–H groups in total. The number of sulfonamides is 1. The number of phenols is 1. The van der Waals surface area contributed by atoms with Crippen molar-refractivity contribution in [3.63, 3.8) is 0 Å². The number of nitrogens with one attached hydrogen (secondary N) is 1. The molecule has 9 heteroatoms. The van der Waals surface area contributed by atoms with Crippen LogP contribution in [0.3, 0.4) is 0 Å². The molecule has 0 saturated carbocycles. The van der Waals surface area contributed by atoms with Crippen LogP contribution in [-0.2, 0) is 10.0 Å². The van der Waals surface area contributed by atoms with Crippen molar-refractivity contribution in [2.75, 3.05) is 13.7 Å². The van der Waals surface area contributed by atoms with Crippen molar-refractivity contribution in [2.24, 2.45) is 5.10 Å². The second kappa shape index (κ2) is 8.09. The molecule has 0 aliphatic carbocycles. The van der Waals surface area contributed by atoms with Crippen molar-refractivity contribution < 1.29 is 23.0 Å². The molecule has 25 heavy (non-hydrogen) atoms. The third-order valence-corrected chi connectivity index (χ3v) is 4.79. The number of hydrogen-bond donors (Lipinski definition) is 2. The summed E-state index contributed by atoms with van der Waals surface area (Å²) in [6.45, 7) is 2.33. The maximum Gasteiger partial charge on any atom is 0.276 e. The monoisotopic (exact) mass is 384 g/mol.